The van der Waals surface area contributed by atoms with Crippen molar-refractivity contribution in [2.75, 3.05) is 6.61 Å². The molecule has 2 atom stereocenters. The van der Waals surface area contributed by atoms with Gasteiger partial charge in [0, 0.05) is 12.5 Å². The van der Waals surface area contributed by atoms with E-state index < -0.39 is 0 Å². The molecule has 0 aromatic carbocycles. The van der Waals surface area contributed by atoms with Crippen LogP contribution in [0.3, 0.4) is 0 Å². The maximum Gasteiger partial charge on any atom is 0.305 e. The number of hydrogen-bond acceptors (Lipinski definition) is 3. The van der Waals surface area contributed by atoms with Crippen LogP contribution >= 0.6 is 0 Å². The summed E-state index contributed by atoms with van der Waals surface area (Å²) in [6.07, 6.45) is 4.89. The molecule has 0 saturated heterocycles. The summed E-state index contributed by atoms with van der Waals surface area (Å²) in [7, 11) is 0. The van der Waals surface area contributed by atoms with Gasteiger partial charge in [-0.3, -0.25) is 4.79 Å². The summed E-state index contributed by atoms with van der Waals surface area (Å²) in [4.78, 5) is 11.0. The predicted octanol–water partition coefficient (Wildman–Crippen LogP) is 1.46. The highest BCUT2D eigenvalue weighted by Crippen LogP contribution is 2.27. The van der Waals surface area contributed by atoms with E-state index in [2.05, 4.69) is 0 Å². The minimum atomic E-state index is -0.0667. The highest BCUT2D eigenvalue weighted by molar-refractivity contribution is 5.69. The lowest BCUT2D eigenvalue weighted by atomic mass is 10.0. The van der Waals surface area contributed by atoms with E-state index in [9.17, 15) is 4.79 Å². The Kier molecular flexibility index (Phi) is 4.22. The van der Waals surface area contributed by atoms with Crippen molar-refractivity contribution in [3.05, 3.63) is 0 Å². The monoisotopic (exact) mass is 185 g/mol. The number of esters is 1. The molecule has 0 heterocycles. The molecule has 1 fully saturated rings. The molecule has 1 saturated carbocycles. The summed E-state index contributed by atoms with van der Waals surface area (Å²) in [5.41, 5.74) is 5.77. The molecule has 1 aliphatic rings. The molecule has 1 aliphatic carbocycles. The molecule has 2 N–H and O–H groups in total. The van der Waals surface area contributed by atoms with Crippen LogP contribution in [0, 0.1) is 5.92 Å². The first kappa shape index (κ1) is 10.5. The molecular weight excluding hydrogens is 166 g/mol. The summed E-state index contributed by atoms with van der Waals surface area (Å²) in [6, 6.07) is 0.368. The summed E-state index contributed by atoms with van der Waals surface area (Å²) >= 11 is 0. The second-order valence-corrected chi connectivity index (χ2v) is 3.78. The lowest BCUT2D eigenvalue weighted by molar-refractivity contribution is -0.143. The van der Waals surface area contributed by atoms with Crippen molar-refractivity contribution in [3.8, 4) is 0 Å². The molecule has 3 heteroatoms. The average molecular weight is 185 g/mol. The first-order valence-corrected chi connectivity index (χ1v) is 5.13. The molecule has 13 heavy (non-hydrogen) atoms. The van der Waals surface area contributed by atoms with Crippen LogP contribution in [0.5, 0.6) is 0 Å². The predicted molar refractivity (Wildman–Crippen MR) is 51.2 cm³/mol. The number of ether oxygens (including phenoxy) is 1. The second kappa shape index (κ2) is 5.22. The molecule has 2 unspecified atom stereocenters. The van der Waals surface area contributed by atoms with Crippen LogP contribution < -0.4 is 5.73 Å². The Morgan fingerprint density at radius 3 is 2.85 bits per heavy atom. The molecule has 76 valence electrons. The van der Waals surface area contributed by atoms with E-state index in [0.717, 1.165) is 19.3 Å². The zero-order chi connectivity index (χ0) is 9.68. The molecule has 0 amide bonds. The topological polar surface area (TPSA) is 52.3 Å². The number of carbonyl (C=O) groups is 1. The Balaban J connectivity index is 2.09. The molecule has 0 aliphatic heterocycles. The normalized spacial score (nSPS) is 27.5. The van der Waals surface area contributed by atoms with E-state index in [1.807, 2.05) is 6.92 Å². The van der Waals surface area contributed by atoms with Crippen LogP contribution in [-0.2, 0) is 9.53 Å². The van der Waals surface area contributed by atoms with Gasteiger partial charge in [-0.1, -0.05) is 0 Å². The van der Waals surface area contributed by atoms with Crippen molar-refractivity contribution in [1.29, 1.82) is 0 Å². The SMILES string of the molecule is CCOC(=O)CCC1CCC(N)C1. The third-order valence-electron chi connectivity index (χ3n) is 2.64. The van der Waals surface area contributed by atoms with Crippen molar-refractivity contribution < 1.29 is 9.53 Å². The fourth-order valence-electron chi connectivity index (χ4n) is 1.93. The highest BCUT2D eigenvalue weighted by atomic mass is 16.5. The molecule has 0 aromatic heterocycles. The number of carbonyl (C=O) groups excluding carboxylic acids is 1. The maximum atomic E-state index is 11.0. The largest absolute Gasteiger partial charge is 0.466 e. The van der Waals surface area contributed by atoms with E-state index in [0.29, 0.717) is 25.0 Å². The number of hydrogen-bond donors (Lipinski definition) is 1. The lowest BCUT2D eigenvalue weighted by Gasteiger charge is -2.08. The van der Waals surface area contributed by atoms with Crippen LogP contribution in [0.4, 0.5) is 0 Å². The molecule has 0 spiro atoms. The first-order chi connectivity index (χ1) is 6.22. The van der Waals surface area contributed by atoms with E-state index in [4.69, 9.17) is 10.5 Å². The molecule has 1 rings (SSSR count). The summed E-state index contributed by atoms with van der Waals surface area (Å²) in [6.45, 7) is 2.33. The fourth-order valence-corrected chi connectivity index (χ4v) is 1.93. The van der Waals surface area contributed by atoms with Gasteiger partial charge < -0.3 is 10.5 Å². The smallest absolute Gasteiger partial charge is 0.305 e. The van der Waals surface area contributed by atoms with Gasteiger partial charge in [0.1, 0.15) is 0 Å². The number of rotatable bonds is 4. The molecule has 0 radical (unpaired) electrons. The van der Waals surface area contributed by atoms with Crippen molar-refractivity contribution in [2.45, 2.75) is 45.1 Å². The van der Waals surface area contributed by atoms with Crippen molar-refractivity contribution >= 4 is 5.97 Å². The van der Waals surface area contributed by atoms with Gasteiger partial charge in [0.25, 0.3) is 0 Å². The zero-order valence-electron chi connectivity index (χ0n) is 8.29. The van der Waals surface area contributed by atoms with E-state index in [-0.39, 0.29) is 5.97 Å². The summed E-state index contributed by atoms with van der Waals surface area (Å²) in [5.74, 6) is 0.586. The van der Waals surface area contributed by atoms with Gasteiger partial charge in [-0.2, -0.15) is 0 Å². The average Bonchev–Trinajstić information content (AvgIpc) is 2.49. The van der Waals surface area contributed by atoms with E-state index in [1.165, 1.54) is 6.42 Å². The van der Waals surface area contributed by atoms with Gasteiger partial charge in [0.2, 0.25) is 0 Å². The molecule has 0 bridgehead atoms. The van der Waals surface area contributed by atoms with E-state index >= 15 is 0 Å². The Labute approximate surface area is 79.6 Å². The number of nitrogens with two attached hydrogens (primary N) is 1. The Morgan fingerprint density at radius 2 is 2.31 bits per heavy atom. The van der Waals surface area contributed by atoms with Gasteiger partial charge in [-0.05, 0) is 38.5 Å². The van der Waals surface area contributed by atoms with Crippen LogP contribution in [0.1, 0.15) is 39.0 Å². The zero-order valence-corrected chi connectivity index (χ0v) is 8.29. The van der Waals surface area contributed by atoms with Crippen LogP contribution in [-0.4, -0.2) is 18.6 Å². The summed E-state index contributed by atoms with van der Waals surface area (Å²) in [5, 5.41) is 0. The van der Waals surface area contributed by atoms with Gasteiger partial charge >= 0.3 is 5.97 Å². The van der Waals surface area contributed by atoms with Gasteiger partial charge in [-0.25, -0.2) is 0 Å². The van der Waals surface area contributed by atoms with Gasteiger partial charge in [0.05, 0.1) is 6.61 Å². The second-order valence-electron chi connectivity index (χ2n) is 3.78. The van der Waals surface area contributed by atoms with Crippen molar-refractivity contribution in [2.24, 2.45) is 11.7 Å². The Hall–Kier alpha value is -0.570. The van der Waals surface area contributed by atoms with E-state index in [1.54, 1.807) is 0 Å². The molecular formula is C10H19NO2. The standard InChI is InChI=1S/C10H19NO2/c1-2-13-10(12)6-4-8-3-5-9(11)7-8/h8-9H,2-7,11H2,1H3. The van der Waals surface area contributed by atoms with Crippen molar-refractivity contribution in [3.63, 3.8) is 0 Å². The Morgan fingerprint density at radius 1 is 1.54 bits per heavy atom. The quantitative estimate of drug-likeness (QED) is 0.674. The molecule has 3 nitrogen and oxygen atoms in total. The van der Waals surface area contributed by atoms with Crippen LogP contribution in [0.15, 0.2) is 0 Å². The molecule has 0 aromatic rings. The van der Waals surface area contributed by atoms with Gasteiger partial charge in [-0.15, -0.1) is 0 Å². The van der Waals surface area contributed by atoms with Crippen LogP contribution in [0.2, 0.25) is 0 Å². The van der Waals surface area contributed by atoms with Gasteiger partial charge in [0.15, 0.2) is 0 Å². The maximum absolute atomic E-state index is 11.0. The third-order valence-corrected chi connectivity index (χ3v) is 2.64. The third kappa shape index (κ3) is 3.77. The summed E-state index contributed by atoms with van der Waals surface area (Å²) < 4.78 is 4.86. The van der Waals surface area contributed by atoms with Crippen molar-refractivity contribution in [1.82, 2.24) is 0 Å². The minimum absolute atomic E-state index is 0.0667. The minimum Gasteiger partial charge on any atom is -0.466 e. The lowest BCUT2D eigenvalue weighted by Crippen LogP contribution is -2.15. The highest BCUT2D eigenvalue weighted by Gasteiger charge is 2.22. The Bertz CT molecular complexity index is 170. The first-order valence-electron chi connectivity index (χ1n) is 5.13. The fraction of sp³-hybridized carbons (Fsp3) is 0.900. The van der Waals surface area contributed by atoms with Crippen LogP contribution in [0.25, 0.3) is 0 Å².